The van der Waals surface area contributed by atoms with Gasteiger partial charge in [-0.25, -0.2) is 4.98 Å². The molecule has 132 valence electrons. The van der Waals surface area contributed by atoms with Gasteiger partial charge in [-0.2, -0.15) is 0 Å². The predicted molar refractivity (Wildman–Crippen MR) is 102 cm³/mol. The zero-order chi connectivity index (χ0) is 17.9. The number of carbonyl (C=O) groups is 1. The first-order chi connectivity index (χ1) is 12.7. The van der Waals surface area contributed by atoms with E-state index in [1.54, 1.807) is 13.3 Å². The highest BCUT2D eigenvalue weighted by Gasteiger charge is 2.32. The summed E-state index contributed by atoms with van der Waals surface area (Å²) >= 11 is 0. The topological polar surface area (TPSA) is 67.3 Å². The van der Waals surface area contributed by atoms with Crippen LogP contribution in [0, 0.1) is 0 Å². The molecule has 3 aromatic rings. The lowest BCUT2D eigenvalue weighted by atomic mass is 10.2. The first-order valence-electron chi connectivity index (χ1n) is 8.68. The smallest absolute Gasteiger partial charge is 0.247 e. The largest absolute Gasteiger partial charge is 0.497 e. The van der Waals surface area contributed by atoms with Crippen molar-refractivity contribution in [1.29, 1.82) is 0 Å². The Balaban J connectivity index is 1.53. The van der Waals surface area contributed by atoms with Crippen LogP contribution < -0.4 is 15.0 Å². The summed E-state index contributed by atoms with van der Waals surface area (Å²) in [5.41, 5.74) is 2.45. The van der Waals surface area contributed by atoms with E-state index >= 15 is 0 Å². The Morgan fingerprint density at radius 3 is 2.69 bits per heavy atom. The molecule has 26 heavy (non-hydrogen) atoms. The molecule has 1 fully saturated rings. The summed E-state index contributed by atoms with van der Waals surface area (Å²) in [5, 5.41) is 2.99. The highest BCUT2D eigenvalue weighted by molar-refractivity contribution is 5.97. The minimum absolute atomic E-state index is 0.0253. The van der Waals surface area contributed by atoms with Gasteiger partial charge in [-0.3, -0.25) is 9.78 Å². The van der Waals surface area contributed by atoms with Crippen LogP contribution >= 0.6 is 0 Å². The van der Waals surface area contributed by atoms with E-state index in [1.807, 2.05) is 53.4 Å². The Morgan fingerprint density at radius 1 is 1.15 bits per heavy atom. The van der Waals surface area contributed by atoms with Gasteiger partial charge in [0.05, 0.1) is 24.3 Å². The molecule has 1 aliphatic rings. The van der Waals surface area contributed by atoms with Crippen LogP contribution in [0.25, 0.3) is 11.0 Å². The molecule has 6 nitrogen and oxygen atoms in total. The van der Waals surface area contributed by atoms with Gasteiger partial charge in [0.15, 0.2) is 0 Å². The highest BCUT2D eigenvalue weighted by Crippen LogP contribution is 2.26. The van der Waals surface area contributed by atoms with Crippen molar-refractivity contribution in [1.82, 2.24) is 9.97 Å². The monoisotopic (exact) mass is 348 g/mol. The number of methoxy groups -OCH3 is 1. The number of rotatable bonds is 4. The summed E-state index contributed by atoms with van der Waals surface area (Å²) in [4.78, 5) is 24.0. The van der Waals surface area contributed by atoms with Gasteiger partial charge in [-0.1, -0.05) is 12.1 Å². The Bertz CT molecular complexity index is 927. The molecule has 2 heterocycles. The number of para-hydroxylation sites is 2. The molecule has 1 aromatic heterocycles. The van der Waals surface area contributed by atoms with Gasteiger partial charge in [-0.05, 0) is 49.2 Å². The average molecular weight is 348 g/mol. The molecule has 0 spiro atoms. The van der Waals surface area contributed by atoms with Crippen LogP contribution in [-0.2, 0) is 4.79 Å². The van der Waals surface area contributed by atoms with Gasteiger partial charge in [0.2, 0.25) is 5.91 Å². The van der Waals surface area contributed by atoms with E-state index in [0.29, 0.717) is 0 Å². The molecule has 1 saturated heterocycles. The number of aromatic nitrogens is 2. The molecule has 1 amide bonds. The van der Waals surface area contributed by atoms with Gasteiger partial charge >= 0.3 is 0 Å². The fraction of sp³-hybridized carbons (Fsp3) is 0.250. The minimum atomic E-state index is -0.243. The normalized spacial score (nSPS) is 16.7. The number of fused-ring (bicyclic) bond motifs is 1. The van der Waals surface area contributed by atoms with Gasteiger partial charge in [0, 0.05) is 12.2 Å². The van der Waals surface area contributed by atoms with Crippen molar-refractivity contribution in [2.45, 2.75) is 18.9 Å². The summed E-state index contributed by atoms with van der Waals surface area (Å²) in [6, 6.07) is 14.9. The Hall–Kier alpha value is -3.15. The van der Waals surface area contributed by atoms with Crippen LogP contribution in [0.4, 0.5) is 11.5 Å². The summed E-state index contributed by atoms with van der Waals surface area (Å²) in [7, 11) is 1.62. The summed E-state index contributed by atoms with van der Waals surface area (Å²) < 4.78 is 5.15. The maximum absolute atomic E-state index is 12.8. The second-order valence-corrected chi connectivity index (χ2v) is 6.29. The first-order valence-corrected chi connectivity index (χ1v) is 8.68. The molecular formula is C20H20N4O2. The van der Waals surface area contributed by atoms with Gasteiger partial charge < -0.3 is 15.0 Å². The molecule has 1 aliphatic heterocycles. The van der Waals surface area contributed by atoms with Gasteiger partial charge in [0.25, 0.3) is 0 Å². The van der Waals surface area contributed by atoms with Crippen molar-refractivity contribution in [3.8, 4) is 5.75 Å². The third-order valence-corrected chi connectivity index (χ3v) is 4.64. The lowest BCUT2D eigenvalue weighted by molar-refractivity contribution is -0.117. The van der Waals surface area contributed by atoms with Crippen LogP contribution in [0.2, 0.25) is 0 Å². The average Bonchev–Trinajstić information content (AvgIpc) is 3.18. The maximum Gasteiger partial charge on any atom is 0.247 e. The van der Waals surface area contributed by atoms with Crippen LogP contribution in [0.5, 0.6) is 5.75 Å². The summed E-state index contributed by atoms with van der Waals surface area (Å²) in [6.45, 7) is 0.799. The first kappa shape index (κ1) is 16.3. The number of nitrogens with zero attached hydrogens (tertiary/aromatic N) is 3. The number of carbonyl (C=O) groups excluding carboxylic acids is 1. The fourth-order valence-corrected chi connectivity index (χ4v) is 3.30. The third-order valence-electron chi connectivity index (χ3n) is 4.64. The molecule has 4 rings (SSSR count). The van der Waals surface area contributed by atoms with E-state index < -0.39 is 0 Å². The molecule has 0 radical (unpaired) electrons. The summed E-state index contributed by atoms with van der Waals surface area (Å²) in [6.07, 6.45) is 3.51. The zero-order valence-electron chi connectivity index (χ0n) is 14.6. The number of hydrogen-bond acceptors (Lipinski definition) is 5. The van der Waals surface area contributed by atoms with Gasteiger partial charge in [-0.15, -0.1) is 0 Å². The zero-order valence-corrected chi connectivity index (χ0v) is 14.6. The second kappa shape index (κ2) is 7.00. The van der Waals surface area contributed by atoms with E-state index in [1.165, 1.54) is 0 Å². The van der Waals surface area contributed by atoms with Crippen molar-refractivity contribution in [3.05, 3.63) is 54.7 Å². The molecule has 0 aliphatic carbocycles. The summed E-state index contributed by atoms with van der Waals surface area (Å²) in [5.74, 6) is 1.48. The number of nitrogens with one attached hydrogen (secondary N) is 1. The number of ether oxygens (including phenoxy) is 1. The van der Waals surface area contributed by atoms with Crippen LogP contribution in [0.3, 0.4) is 0 Å². The number of benzene rings is 2. The highest BCUT2D eigenvalue weighted by atomic mass is 16.5. The lowest BCUT2D eigenvalue weighted by Crippen LogP contribution is -2.40. The molecule has 1 atom stereocenters. The number of hydrogen-bond donors (Lipinski definition) is 1. The lowest BCUT2D eigenvalue weighted by Gasteiger charge is -2.24. The molecule has 0 bridgehead atoms. The quantitative estimate of drug-likeness (QED) is 0.784. The maximum atomic E-state index is 12.8. The van der Waals surface area contributed by atoms with Crippen molar-refractivity contribution in [2.24, 2.45) is 0 Å². The van der Waals surface area contributed by atoms with Crippen LogP contribution in [0.15, 0.2) is 54.7 Å². The van der Waals surface area contributed by atoms with Crippen LogP contribution in [-0.4, -0.2) is 35.6 Å². The second-order valence-electron chi connectivity index (χ2n) is 6.29. The Labute approximate surface area is 151 Å². The number of amides is 1. The van der Waals surface area contributed by atoms with Crippen molar-refractivity contribution < 1.29 is 9.53 Å². The predicted octanol–water partition coefficient (Wildman–Crippen LogP) is 3.25. The number of anilines is 2. The van der Waals surface area contributed by atoms with E-state index in [2.05, 4.69) is 15.3 Å². The van der Waals surface area contributed by atoms with E-state index in [-0.39, 0.29) is 11.9 Å². The van der Waals surface area contributed by atoms with Gasteiger partial charge in [0.1, 0.15) is 17.6 Å². The standard InChI is InChI=1S/C20H20N4O2/c1-26-15-10-8-14(9-11-15)22-20(25)18-7-4-12-24(18)19-13-21-16-5-2-3-6-17(16)23-19/h2-3,5-6,8-11,13,18H,4,7,12H2,1H3,(H,22,25). The Morgan fingerprint density at radius 2 is 1.92 bits per heavy atom. The molecule has 1 N–H and O–H groups in total. The van der Waals surface area contributed by atoms with Crippen molar-refractivity contribution in [3.63, 3.8) is 0 Å². The molecule has 0 saturated carbocycles. The molecule has 2 aromatic carbocycles. The fourth-order valence-electron chi connectivity index (χ4n) is 3.30. The molecule has 1 unspecified atom stereocenters. The van der Waals surface area contributed by atoms with E-state index in [9.17, 15) is 4.79 Å². The van der Waals surface area contributed by atoms with E-state index in [4.69, 9.17) is 4.74 Å². The van der Waals surface area contributed by atoms with Crippen molar-refractivity contribution >= 4 is 28.4 Å². The van der Waals surface area contributed by atoms with Crippen LogP contribution in [0.1, 0.15) is 12.8 Å². The SMILES string of the molecule is COc1ccc(NC(=O)C2CCCN2c2cnc3ccccc3n2)cc1. The third kappa shape index (κ3) is 3.18. The molecular weight excluding hydrogens is 328 g/mol. The minimum Gasteiger partial charge on any atom is -0.497 e. The van der Waals surface area contributed by atoms with Crippen molar-refractivity contribution in [2.75, 3.05) is 23.9 Å². The Kier molecular flexibility index (Phi) is 4.39. The molecule has 6 heteroatoms. The van der Waals surface area contributed by atoms with E-state index in [0.717, 1.165) is 47.7 Å².